The van der Waals surface area contributed by atoms with Crippen molar-refractivity contribution < 1.29 is 4.79 Å². The summed E-state index contributed by atoms with van der Waals surface area (Å²) >= 11 is 0. The molecule has 0 spiro atoms. The largest absolute Gasteiger partial charge is 0.350 e. The van der Waals surface area contributed by atoms with Gasteiger partial charge in [-0.05, 0) is 30.5 Å². The molecule has 0 unspecified atom stereocenters. The highest BCUT2D eigenvalue weighted by molar-refractivity contribution is 5.88. The quantitative estimate of drug-likeness (QED) is 0.777. The van der Waals surface area contributed by atoms with Crippen molar-refractivity contribution >= 4 is 5.91 Å². The number of rotatable bonds is 3. The van der Waals surface area contributed by atoms with Gasteiger partial charge in [0.2, 0.25) is 5.91 Å². The number of carbonyl (C=O) groups is 1. The fourth-order valence-electron chi connectivity index (χ4n) is 1.47. The number of nitriles is 1. The first-order chi connectivity index (χ1) is 7.64. The maximum atomic E-state index is 11.6. The number of hydrogen-bond donors (Lipinski definition) is 2. The number of carbonyl (C=O) groups excluding carboxylic acids is 1. The first kappa shape index (κ1) is 10.7. The van der Waals surface area contributed by atoms with Crippen molar-refractivity contribution in [2.45, 2.75) is 24.9 Å². The average Bonchev–Trinajstić information content (AvgIpc) is 3.06. The van der Waals surface area contributed by atoms with Crippen molar-refractivity contribution in [1.29, 1.82) is 5.26 Å². The smallest absolute Gasteiger partial charge is 0.240 e. The van der Waals surface area contributed by atoms with E-state index in [0.717, 1.165) is 18.4 Å². The fraction of sp³-hybridized carbons (Fsp3) is 0.333. The summed E-state index contributed by atoms with van der Waals surface area (Å²) in [6, 6.07) is 9.23. The lowest BCUT2D eigenvalue weighted by Gasteiger charge is -2.09. The molecule has 2 rings (SSSR count). The molecule has 1 aliphatic rings. The van der Waals surface area contributed by atoms with Crippen LogP contribution in [0.5, 0.6) is 0 Å². The van der Waals surface area contributed by atoms with Crippen molar-refractivity contribution in [3.63, 3.8) is 0 Å². The molecule has 1 amide bonds. The molecule has 0 radical (unpaired) electrons. The molecule has 0 aliphatic heterocycles. The van der Waals surface area contributed by atoms with Crippen LogP contribution in [0.15, 0.2) is 24.3 Å². The molecule has 16 heavy (non-hydrogen) atoms. The first-order valence-electron chi connectivity index (χ1n) is 5.20. The fourth-order valence-corrected chi connectivity index (χ4v) is 1.47. The lowest BCUT2D eigenvalue weighted by Crippen LogP contribution is -2.42. The summed E-state index contributed by atoms with van der Waals surface area (Å²) < 4.78 is 0. The molecular formula is C12H13N3O. The van der Waals surface area contributed by atoms with Gasteiger partial charge in [0.15, 0.2) is 0 Å². The Morgan fingerprint density at radius 2 is 2.31 bits per heavy atom. The third-order valence-electron chi connectivity index (χ3n) is 2.75. The normalized spacial score (nSPS) is 16.2. The predicted octanol–water partition coefficient (Wildman–Crippen LogP) is 0.666. The van der Waals surface area contributed by atoms with Gasteiger partial charge < -0.3 is 11.1 Å². The molecule has 82 valence electrons. The minimum absolute atomic E-state index is 0.102. The molecule has 1 aliphatic carbocycles. The van der Waals surface area contributed by atoms with Crippen LogP contribution >= 0.6 is 0 Å². The van der Waals surface area contributed by atoms with Gasteiger partial charge in [-0.3, -0.25) is 4.79 Å². The maximum Gasteiger partial charge on any atom is 0.240 e. The molecular weight excluding hydrogens is 202 g/mol. The second kappa shape index (κ2) is 3.95. The molecule has 0 bridgehead atoms. The number of nitrogens with zero attached hydrogens (tertiary/aromatic N) is 1. The Bertz CT molecular complexity index is 458. The van der Waals surface area contributed by atoms with Gasteiger partial charge >= 0.3 is 0 Å². The molecule has 1 aromatic rings. The SMILES string of the molecule is N#Cc1cccc(CNC(=O)C2(N)CC2)c1. The lowest BCUT2D eigenvalue weighted by molar-refractivity contribution is -0.123. The molecule has 3 N–H and O–H groups in total. The summed E-state index contributed by atoms with van der Waals surface area (Å²) in [7, 11) is 0. The van der Waals surface area contributed by atoms with E-state index in [9.17, 15) is 4.79 Å². The van der Waals surface area contributed by atoms with Crippen LogP contribution in [0.4, 0.5) is 0 Å². The van der Waals surface area contributed by atoms with Gasteiger partial charge in [-0.15, -0.1) is 0 Å². The van der Waals surface area contributed by atoms with Crippen LogP contribution in [0.1, 0.15) is 24.0 Å². The summed E-state index contributed by atoms with van der Waals surface area (Å²) in [6.45, 7) is 0.424. The first-order valence-corrected chi connectivity index (χ1v) is 5.20. The second-order valence-electron chi connectivity index (χ2n) is 4.15. The second-order valence-corrected chi connectivity index (χ2v) is 4.15. The highest BCUT2D eigenvalue weighted by Gasteiger charge is 2.45. The Morgan fingerprint density at radius 1 is 1.56 bits per heavy atom. The summed E-state index contributed by atoms with van der Waals surface area (Å²) in [5.41, 5.74) is 6.63. The molecule has 0 saturated heterocycles. The molecule has 0 atom stereocenters. The van der Waals surface area contributed by atoms with Crippen LogP contribution < -0.4 is 11.1 Å². The molecule has 4 nitrogen and oxygen atoms in total. The average molecular weight is 215 g/mol. The maximum absolute atomic E-state index is 11.6. The highest BCUT2D eigenvalue weighted by atomic mass is 16.2. The highest BCUT2D eigenvalue weighted by Crippen LogP contribution is 2.32. The van der Waals surface area contributed by atoms with E-state index < -0.39 is 5.54 Å². The van der Waals surface area contributed by atoms with Gasteiger partial charge in [0.05, 0.1) is 17.2 Å². The van der Waals surface area contributed by atoms with E-state index in [2.05, 4.69) is 11.4 Å². The monoisotopic (exact) mass is 215 g/mol. The van der Waals surface area contributed by atoms with Gasteiger partial charge in [0, 0.05) is 6.54 Å². The van der Waals surface area contributed by atoms with Crippen molar-refractivity contribution in [3.05, 3.63) is 35.4 Å². The summed E-state index contributed by atoms with van der Waals surface area (Å²) in [5.74, 6) is -0.102. The Labute approximate surface area is 94.1 Å². The number of nitrogens with two attached hydrogens (primary N) is 1. The van der Waals surface area contributed by atoms with Crippen LogP contribution in [0, 0.1) is 11.3 Å². The number of benzene rings is 1. The zero-order valence-corrected chi connectivity index (χ0v) is 8.86. The van der Waals surface area contributed by atoms with Crippen LogP contribution in [0.25, 0.3) is 0 Å². The van der Waals surface area contributed by atoms with E-state index in [1.165, 1.54) is 0 Å². The Balaban J connectivity index is 1.94. The standard InChI is InChI=1S/C12H13N3O/c13-7-9-2-1-3-10(6-9)8-15-11(16)12(14)4-5-12/h1-3,6H,4-5,8,14H2,(H,15,16). The molecule has 1 saturated carbocycles. The van der Waals surface area contributed by atoms with Crippen molar-refractivity contribution in [2.75, 3.05) is 0 Å². The van der Waals surface area contributed by atoms with Crippen molar-refractivity contribution in [3.8, 4) is 6.07 Å². The molecule has 1 fully saturated rings. The number of nitrogens with one attached hydrogen (secondary N) is 1. The Morgan fingerprint density at radius 3 is 2.94 bits per heavy atom. The molecule has 4 heteroatoms. The summed E-state index contributed by atoms with van der Waals surface area (Å²) in [5, 5.41) is 11.5. The van der Waals surface area contributed by atoms with Crippen LogP contribution in [-0.4, -0.2) is 11.4 Å². The van der Waals surface area contributed by atoms with Gasteiger partial charge in [0.1, 0.15) is 0 Å². The van der Waals surface area contributed by atoms with Gasteiger partial charge in [-0.25, -0.2) is 0 Å². The molecule has 0 aromatic heterocycles. The van der Waals surface area contributed by atoms with E-state index in [0.29, 0.717) is 12.1 Å². The zero-order chi connectivity index (χ0) is 11.6. The van der Waals surface area contributed by atoms with E-state index in [1.807, 2.05) is 6.07 Å². The number of hydrogen-bond acceptors (Lipinski definition) is 3. The molecule has 0 heterocycles. The van der Waals surface area contributed by atoms with E-state index in [-0.39, 0.29) is 5.91 Å². The number of amides is 1. The van der Waals surface area contributed by atoms with Crippen LogP contribution in [0.3, 0.4) is 0 Å². The Kier molecular flexibility index (Phi) is 2.63. The summed E-state index contributed by atoms with van der Waals surface area (Å²) in [6.07, 6.45) is 1.52. The topological polar surface area (TPSA) is 78.9 Å². The minimum Gasteiger partial charge on any atom is -0.350 e. The minimum atomic E-state index is -0.632. The zero-order valence-electron chi connectivity index (χ0n) is 8.86. The van der Waals surface area contributed by atoms with E-state index in [4.69, 9.17) is 11.0 Å². The Hall–Kier alpha value is -1.86. The van der Waals surface area contributed by atoms with Gasteiger partial charge in [-0.2, -0.15) is 5.26 Å². The predicted molar refractivity (Wildman–Crippen MR) is 59.2 cm³/mol. The third-order valence-corrected chi connectivity index (χ3v) is 2.75. The van der Waals surface area contributed by atoms with Crippen LogP contribution in [-0.2, 0) is 11.3 Å². The lowest BCUT2D eigenvalue weighted by atomic mass is 10.1. The van der Waals surface area contributed by atoms with Crippen molar-refractivity contribution in [2.24, 2.45) is 5.73 Å². The molecule has 1 aromatic carbocycles. The summed E-state index contributed by atoms with van der Waals surface area (Å²) in [4.78, 5) is 11.6. The third kappa shape index (κ3) is 2.20. The van der Waals surface area contributed by atoms with Gasteiger partial charge in [0.25, 0.3) is 0 Å². The van der Waals surface area contributed by atoms with Crippen molar-refractivity contribution in [1.82, 2.24) is 5.32 Å². The van der Waals surface area contributed by atoms with E-state index in [1.54, 1.807) is 18.2 Å². The van der Waals surface area contributed by atoms with Gasteiger partial charge in [-0.1, -0.05) is 12.1 Å². The van der Waals surface area contributed by atoms with Crippen LogP contribution in [0.2, 0.25) is 0 Å². The van der Waals surface area contributed by atoms with E-state index >= 15 is 0 Å².